The number of benzene rings is 3. The molecule has 1 aromatic heterocycles. The zero-order valence-corrected chi connectivity index (χ0v) is 62.4. The van der Waals surface area contributed by atoms with E-state index >= 15 is 9.59 Å². The van der Waals surface area contributed by atoms with Gasteiger partial charge in [0, 0.05) is 47.9 Å². The molecule has 0 radical (unpaired) electrons. The number of aliphatic hydroxyl groups excluding tert-OH is 3. The molecule has 37 nitrogen and oxygen atoms in total. The summed E-state index contributed by atoms with van der Waals surface area (Å²) in [5.74, 6) is -16.7. The number of H-pyrrole nitrogens is 1. The summed E-state index contributed by atoms with van der Waals surface area (Å²) < 4.78 is 0. The number of amides is 15. The summed E-state index contributed by atoms with van der Waals surface area (Å²) in [6, 6.07) is 2.04. The fourth-order valence-electron chi connectivity index (χ4n) is 11.0. The third-order valence-corrected chi connectivity index (χ3v) is 19.6. The molecule has 1 saturated heterocycles. The maximum absolute atomic E-state index is 15.1. The zero-order valence-electron chi connectivity index (χ0n) is 60.8. The van der Waals surface area contributed by atoms with Crippen LogP contribution in [0.4, 0.5) is 0 Å². The lowest BCUT2D eigenvalue weighted by Crippen LogP contribution is -2.63. The molecule has 1 aliphatic rings. The molecule has 0 unspecified atom stereocenters. The molecular weight excluding hydrogens is 1460 g/mol. The molecule has 109 heavy (non-hydrogen) atoms. The second kappa shape index (κ2) is 45.5. The maximum atomic E-state index is 15.1. The quantitative estimate of drug-likeness (QED) is 0.0229. The Hall–Kier alpha value is -10.3. The number of carbonyl (C=O) groups excluding carboxylic acids is 15. The molecule has 596 valence electrons. The fourth-order valence-corrected chi connectivity index (χ4v) is 13.4. The van der Waals surface area contributed by atoms with Crippen LogP contribution in [0.2, 0.25) is 0 Å². The third-order valence-electron chi connectivity index (χ3n) is 17.2. The van der Waals surface area contributed by atoms with Gasteiger partial charge in [-0.1, -0.05) is 100 Å². The van der Waals surface area contributed by atoms with E-state index in [1.54, 1.807) is 91.1 Å². The highest BCUT2D eigenvalue weighted by Crippen LogP contribution is 2.24. The van der Waals surface area contributed by atoms with Crippen molar-refractivity contribution in [2.75, 3.05) is 37.7 Å². The van der Waals surface area contributed by atoms with E-state index in [1.807, 2.05) is 0 Å². The molecule has 0 bridgehead atoms. The van der Waals surface area contributed by atoms with E-state index in [-0.39, 0.29) is 58.0 Å². The number of rotatable bonds is 24. The minimum Gasteiger partial charge on any atom is -0.394 e. The first-order valence-corrected chi connectivity index (χ1v) is 37.8. The van der Waals surface area contributed by atoms with Gasteiger partial charge >= 0.3 is 0 Å². The Kier molecular flexibility index (Phi) is 37.3. The van der Waals surface area contributed by atoms with E-state index < -0.39 is 210 Å². The molecule has 3 aromatic carbocycles. The Morgan fingerprint density at radius 1 is 0.505 bits per heavy atom. The van der Waals surface area contributed by atoms with Crippen LogP contribution in [0.15, 0.2) is 91.1 Å². The number of unbranched alkanes of at least 4 members (excludes halogenated alkanes) is 2. The van der Waals surface area contributed by atoms with Crippen LogP contribution in [0.3, 0.4) is 0 Å². The first-order valence-electron chi connectivity index (χ1n) is 35.3. The van der Waals surface area contributed by atoms with E-state index in [2.05, 4.69) is 74.1 Å². The Morgan fingerprint density at radius 2 is 0.936 bits per heavy atom. The van der Waals surface area contributed by atoms with Crippen LogP contribution in [-0.4, -0.2) is 237 Å². The van der Waals surface area contributed by atoms with E-state index in [0.717, 1.165) is 35.4 Å². The van der Waals surface area contributed by atoms with Gasteiger partial charge in [0.15, 0.2) is 0 Å². The largest absolute Gasteiger partial charge is 0.394 e. The topological polar surface area (TPSA) is 619 Å². The zero-order chi connectivity index (χ0) is 80.4. The van der Waals surface area contributed by atoms with E-state index in [9.17, 15) is 77.6 Å². The molecule has 0 spiro atoms. The second-order valence-electron chi connectivity index (χ2n) is 26.1. The molecule has 0 aliphatic carbocycles. The molecule has 1 fully saturated rings. The number of nitrogens with two attached hydrogens (primary N) is 5. The number of aromatic amines is 1. The highest BCUT2D eigenvalue weighted by Gasteiger charge is 2.39. The number of aliphatic hydroxyl groups is 3. The number of aromatic nitrogens is 1. The van der Waals surface area contributed by atoms with Crippen LogP contribution >= 0.6 is 21.6 Å². The van der Waals surface area contributed by atoms with E-state index in [1.165, 1.54) is 13.8 Å². The van der Waals surface area contributed by atoms with Crippen molar-refractivity contribution in [1.82, 2.24) is 74.1 Å². The number of hydrogen-bond donors (Lipinski definition) is 22. The lowest BCUT2D eigenvalue weighted by Gasteiger charge is -2.29. The third kappa shape index (κ3) is 29.7. The van der Waals surface area contributed by atoms with Crippen LogP contribution in [0.25, 0.3) is 10.9 Å². The van der Waals surface area contributed by atoms with Gasteiger partial charge in [-0.25, -0.2) is 0 Å². The SMILES string of the molecule is C[C@H](N)C(=O)NCC(=O)N[C@H]1CSSC[C@@H](C(N)=O)NC(=O)[C@H](CO)NC(=O)[C@H]([C@@H](C)O)NC(=O)[C@H](Cc2ccccc2)NC(=O)[C@@H]([C@@H](C)O)NC(=O)[C@H](CCCCN)NC(=O)[C@H](Cc2c[nH]c3ccccc23)NC(=O)[C@H](Cc2ccccc2)NC(=O)[C@H](C)NC(=O)[C@H](CC(N)=O)NC(=O)[C@H](CCCCN)NC1=O. The molecule has 15 atom stereocenters. The monoisotopic (exact) mass is 1560 g/mol. The summed E-state index contributed by atoms with van der Waals surface area (Å²) in [7, 11) is 1.63. The standard InChI is InChI=1S/C70H101N19O18S2/c1-36(73)59(96)77-32-55(94)79-53-35-109-108-34-52(58(75)95)87-67(104)51(33-90)86-70(107)57(39(4)92)89-66(103)48(28-41-19-9-6-10-20-41)85-69(106)56(38(3)91)88-62(99)46(24-14-16-26-72)80-65(102)49(29-42-31-76-44-22-12-11-21-43(42)44)83-64(101)47(27-40-17-7-5-8-18-40)82-60(97)37(2)78-63(100)50(30-54(74)93)84-61(98)45(81-68(53)105)23-13-15-25-71/h5-12,17-22,31,36-39,45-53,56-57,76,90-92H,13-16,23-30,32-35,71-73H2,1-4H3,(H2,74,93)(H2,75,95)(H,77,96)(H,78,100)(H,79,94)(H,80,102)(H,81,105)(H,82,97)(H,83,101)(H,84,98)(H,85,106)(H,86,107)(H,87,104)(H,88,99)(H,89,103)/t36-,37-,38+,39+,45-,46-,47-,48-,49-,50-,51-,52-,53-,56+,57-/m0/s1. The van der Waals surface area contributed by atoms with Gasteiger partial charge in [0.2, 0.25) is 88.6 Å². The molecule has 27 N–H and O–H groups in total. The molecule has 4 aromatic rings. The highest BCUT2D eigenvalue weighted by molar-refractivity contribution is 8.76. The van der Waals surface area contributed by atoms with Gasteiger partial charge in [-0.05, 0) is 102 Å². The van der Waals surface area contributed by atoms with Crippen LogP contribution in [0.5, 0.6) is 0 Å². The van der Waals surface area contributed by atoms with Gasteiger partial charge in [0.1, 0.15) is 72.5 Å². The fraction of sp³-hybridized carbons (Fsp3) is 0.500. The van der Waals surface area contributed by atoms with Crippen molar-refractivity contribution in [2.24, 2.45) is 28.7 Å². The van der Waals surface area contributed by atoms with Gasteiger partial charge in [-0.15, -0.1) is 0 Å². The number of carbonyl (C=O) groups is 15. The lowest BCUT2D eigenvalue weighted by atomic mass is 10.0. The minimum atomic E-state index is -1.96. The molecule has 15 amide bonds. The molecule has 0 saturated carbocycles. The summed E-state index contributed by atoms with van der Waals surface area (Å²) >= 11 is 0. The summed E-state index contributed by atoms with van der Waals surface area (Å²) in [5.41, 5.74) is 30.7. The van der Waals surface area contributed by atoms with E-state index in [4.69, 9.17) is 28.7 Å². The predicted octanol–water partition coefficient (Wildman–Crippen LogP) is -6.74. The van der Waals surface area contributed by atoms with Crippen molar-refractivity contribution in [3.8, 4) is 0 Å². The number of primary amides is 2. The first kappa shape index (κ1) is 89.3. The van der Waals surface area contributed by atoms with Crippen molar-refractivity contribution in [2.45, 2.75) is 183 Å². The molecule has 1 aliphatic heterocycles. The number of fused-ring (bicyclic) bond motifs is 1. The number of hydrogen-bond acceptors (Lipinski definition) is 23. The van der Waals surface area contributed by atoms with Crippen molar-refractivity contribution < 1.29 is 87.2 Å². The smallest absolute Gasteiger partial charge is 0.245 e. The first-order chi connectivity index (χ1) is 51.8. The predicted molar refractivity (Wildman–Crippen MR) is 402 cm³/mol. The summed E-state index contributed by atoms with van der Waals surface area (Å²) in [5, 5.41) is 65.4. The summed E-state index contributed by atoms with van der Waals surface area (Å²) in [6.07, 6.45) is -2.93. The Morgan fingerprint density at radius 3 is 1.45 bits per heavy atom. The minimum absolute atomic E-state index is 0.122. The van der Waals surface area contributed by atoms with Gasteiger partial charge in [0.05, 0.1) is 37.8 Å². The van der Waals surface area contributed by atoms with Crippen LogP contribution < -0.4 is 97.8 Å². The number of para-hydroxylation sites is 1. The normalized spacial score (nSPS) is 24.4. The Bertz CT molecular complexity index is 3780. The highest BCUT2D eigenvalue weighted by atomic mass is 33.1. The molecular formula is C70H101N19O18S2. The molecule has 2 heterocycles. The van der Waals surface area contributed by atoms with Crippen molar-refractivity contribution in [3.05, 3.63) is 108 Å². The van der Waals surface area contributed by atoms with Crippen LogP contribution in [0.1, 0.15) is 89.3 Å². The van der Waals surface area contributed by atoms with Gasteiger partial charge in [-0.2, -0.15) is 0 Å². The van der Waals surface area contributed by atoms with Gasteiger partial charge in [0.25, 0.3) is 0 Å². The summed E-state index contributed by atoms with van der Waals surface area (Å²) in [6.45, 7) is 3.22. The Labute approximate surface area is 636 Å². The van der Waals surface area contributed by atoms with Crippen molar-refractivity contribution in [3.63, 3.8) is 0 Å². The van der Waals surface area contributed by atoms with Gasteiger partial charge in [-0.3, -0.25) is 71.9 Å². The van der Waals surface area contributed by atoms with Crippen molar-refractivity contribution >= 4 is 121 Å². The average Bonchev–Trinajstić information content (AvgIpc) is 1.70. The van der Waals surface area contributed by atoms with Crippen molar-refractivity contribution in [1.29, 1.82) is 0 Å². The summed E-state index contributed by atoms with van der Waals surface area (Å²) in [4.78, 5) is 214. The Balaban J connectivity index is 1.62. The average molecular weight is 1560 g/mol. The van der Waals surface area contributed by atoms with E-state index in [0.29, 0.717) is 40.4 Å². The van der Waals surface area contributed by atoms with Gasteiger partial charge < -0.3 is 118 Å². The molecule has 5 rings (SSSR count). The number of nitrogens with one attached hydrogen (secondary N) is 14. The van der Waals surface area contributed by atoms with Crippen LogP contribution in [0, 0.1) is 0 Å². The molecule has 39 heteroatoms. The lowest BCUT2D eigenvalue weighted by molar-refractivity contribution is -0.138. The van der Waals surface area contributed by atoms with Crippen LogP contribution in [-0.2, 0) is 91.2 Å². The maximum Gasteiger partial charge on any atom is 0.245 e. The second-order valence-corrected chi connectivity index (χ2v) is 28.7.